The Labute approximate surface area is 132 Å². The Bertz CT molecular complexity index is 346. The van der Waals surface area contributed by atoms with E-state index in [0.717, 1.165) is 6.42 Å². The number of rotatable bonds is 8. The number of hydrogen-bond acceptors (Lipinski definition) is 7. The van der Waals surface area contributed by atoms with E-state index in [1.165, 1.54) is 0 Å². The summed E-state index contributed by atoms with van der Waals surface area (Å²) in [4.78, 5) is 11.7. The number of unbranched alkanes of at least 4 members (excludes halogenated alkanes) is 1. The summed E-state index contributed by atoms with van der Waals surface area (Å²) in [7, 11) is 0. The summed E-state index contributed by atoms with van der Waals surface area (Å²) < 4.78 is 10.7. The van der Waals surface area contributed by atoms with Gasteiger partial charge in [0.05, 0.1) is 5.60 Å². The Morgan fingerprint density at radius 1 is 1.32 bits per heavy atom. The summed E-state index contributed by atoms with van der Waals surface area (Å²) in [6.07, 6.45) is 1.87. The molecule has 1 saturated carbocycles. The lowest BCUT2D eigenvalue weighted by Gasteiger charge is -2.24. The van der Waals surface area contributed by atoms with Crippen LogP contribution in [0.3, 0.4) is 0 Å². The van der Waals surface area contributed by atoms with Gasteiger partial charge in [0.15, 0.2) is 0 Å². The van der Waals surface area contributed by atoms with Gasteiger partial charge in [0.2, 0.25) is 6.41 Å². The van der Waals surface area contributed by atoms with Crippen molar-refractivity contribution in [3.63, 3.8) is 0 Å². The van der Waals surface area contributed by atoms with E-state index in [1.54, 1.807) is 0 Å². The fraction of sp³-hybridized carbons (Fsp3) is 0.933. The highest BCUT2D eigenvalue weighted by Crippen LogP contribution is 2.20. The Hall–Kier alpha value is -0.730. The molecular weight excluding hydrogens is 286 g/mol. The van der Waals surface area contributed by atoms with Gasteiger partial charge in [-0.05, 0) is 46.6 Å². The average molecular weight is 317 g/mol. The molecule has 130 valence electrons. The van der Waals surface area contributed by atoms with Crippen molar-refractivity contribution in [1.29, 1.82) is 0 Å². The molecule has 0 heterocycles. The number of ether oxygens (including phenoxy) is 2. The van der Waals surface area contributed by atoms with E-state index in [1.807, 2.05) is 20.8 Å². The SMILES string of the molecule is CC(C)(C)OC(O)NCCCCC(=O)O[C@@H]1C[C@@H](N)C[C@H]1N. The molecule has 1 rings (SSSR count). The monoisotopic (exact) mass is 317 g/mol. The van der Waals surface area contributed by atoms with E-state index in [4.69, 9.17) is 20.9 Å². The predicted octanol–water partition coefficient (Wildman–Crippen LogP) is 0.198. The third kappa shape index (κ3) is 8.05. The van der Waals surface area contributed by atoms with E-state index in [-0.39, 0.29) is 24.2 Å². The van der Waals surface area contributed by atoms with Crippen molar-refractivity contribution in [2.24, 2.45) is 11.5 Å². The van der Waals surface area contributed by atoms with Crippen molar-refractivity contribution < 1.29 is 19.4 Å². The van der Waals surface area contributed by atoms with Gasteiger partial charge in [-0.25, -0.2) is 0 Å². The Balaban J connectivity index is 2.06. The molecule has 0 amide bonds. The van der Waals surface area contributed by atoms with Crippen LogP contribution in [0.2, 0.25) is 0 Å². The van der Waals surface area contributed by atoms with Crippen LogP contribution in [0.5, 0.6) is 0 Å². The van der Waals surface area contributed by atoms with Crippen molar-refractivity contribution in [1.82, 2.24) is 5.32 Å². The van der Waals surface area contributed by atoms with Gasteiger partial charge in [-0.2, -0.15) is 0 Å². The van der Waals surface area contributed by atoms with Gasteiger partial charge in [-0.1, -0.05) is 0 Å². The fourth-order valence-electron chi connectivity index (χ4n) is 2.43. The van der Waals surface area contributed by atoms with Crippen molar-refractivity contribution in [3.8, 4) is 0 Å². The average Bonchev–Trinajstić information content (AvgIpc) is 2.65. The van der Waals surface area contributed by atoms with Crippen LogP contribution in [0.15, 0.2) is 0 Å². The molecule has 0 saturated heterocycles. The van der Waals surface area contributed by atoms with Crippen LogP contribution in [-0.4, -0.2) is 47.8 Å². The second-order valence-electron chi connectivity index (χ2n) is 6.92. The minimum atomic E-state index is -0.995. The molecule has 1 aliphatic rings. The first-order chi connectivity index (χ1) is 10.2. The molecule has 0 aliphatic heterocycles. The van der Waals surface area contributed by atoms with Crippen LogP contribution in [0.1, 0.15) is 52.9 Å². The van der Waals surface area contributed by atoms with E-state index in [9.17, 15) is 9.90 Å². The molecular formula is C15H31N3O4. The number of esters is 1. The fourth-order valence-corrected chi connectivity index (χ4v) is 2.43. The smallest absolute Gasteiger partial charge is 0.306 e. The Kier molecular flexibility index (Phi) is 7.71. The third-order valence-corrected chi connectivity index (χ3v) is 3.46. The van der Waals surface area contributed by atoms with Crippen molar-refractivity contribution in [2.75, 3.05) is 6.54 Å². The zero-order valence-corrected chi connectivity index (χ0v) is 13.9. The molecule has 0 bridgehead atoms. The molecule has 0 aromatic carbocycles. The Morgan fingerprint density at radius 3 is 2.55 bits per heavy atom. The first kappa shape index (κ1) is 19.3. The molecule has 4 atom stereocenters. The largest absolute Gasteiger partial charge is 0.461 e. The molecule has 1 fully saturated rings. The van der Waals surface area contributed by atoms with Gasteiger partial charge < -0.3 is 26.0 Å². The molecule has 0 radical (unpaired) electrons. The minimum absolute atomic E-state index is 0.0290. The summed E-state index contributed by atoms with van der Waals surface area (Å²) in [5.74, 6) is -0.235. The molecule has 6 N–H and O–H groups in total. The Morgan fingerprint density at radius 2 is 2.00 bits per heavy atom. The summed E-state index contributed by atoms with van der Waals surface area (Å²) in [6, 6.07) is -0.119. The number of aliphatic hydroxyl groups is 1. The van der Waals surface area contributed by atoms with E-state index in [0.29, 0.717) is 32.2 Å². The van der Waals surface area contributed by atoms with Crippen LogP contribution in [0.4, 0.5) is 0 Å². The van der Waals surface area contributed by atoms with Crippen molar-refractivity contribution in [3.05, 3.63) is 0 Å². The normalized spacial score (nSPS) is 26.9. The maximum absolute atomic E-state index is 11.7. The summed E-state index contributed by atoms with van der Waals surface area (Å²) in [6.45, 7) is 6.17. The molecule has 7 nitrogen and oxygen atoms in total. The van der Waals surface area contributed by atoms with Crippen LogP contribution < -0.4 is 16.8 Å². The first-order valence-corrected chi connectivity index (χ1v) is 7.97. The zero-order valence-electron chi connectivity index (χ0n) is 13.9. The molecule has 0 spiro atoms. The van der Waals surface area contributed by atoms with Crippen LogP contribution in [0.25, 0.3) is 0 Å². The molecule has 22 heavy (non-hydrogen) atoms. The maximum atomic E-state index is 11.7. The van der Waals surface area contributed by atoms with Gasteiger partial charge in [-0.3, -0.25) is 10.1 Å². The highest BCUT2D eigenvalue weighted by Gasteiger charge is 2.32. The van der Waals surface area contributed by atoms with Gasteiger partial charge in [0.1, 0.15) is 6.10 Å². The minimum Gasteiger partial charge on any atom is -0.461 e. The highest BCUT2D eigenvalue weighted by molar-refractivity contribution is 5.69. The second kappa shape index (κ2) is 8.79. The van der Waals surface area contributed by atoms with Crippen molar-refractivity contribution in [2.45, 2.75) is 83.1 Å². The molecule has 7 heteroatoms. The quantitative estimate of drug-likeness (QED) is 0.287. The van der Waals surface area contributed by atoms with Crippen LogP contribution >= 0.6 is 0 Å². The van der Waals surface area contributed by atoms with Gasteiger partial charge >= 0.3 is 5.97 Å². The van der Waals surface area contributed by atoms with Crippen LogP contribution in [0, 0.1) is 0 Å². The second-order valence-corrected chi connectivity index (χ2v) is 6.92. The first-order valence-electron chi connectivity index (χ1n) is 7.97. The lowest BCUT2D eigenvalue weighted by molar-refractivity contribution is -0.181. The number of carbonyl (C=O) groups is 1. The molecule has 0 aromatic rings. The van der Waals surface area contributed by atoms with E-state index in [2.05, 4.69) is 5.32 Å². The molecule has 0 aromatic heterocycles. The molecule has 1 unspecified atom stereocenters. The van der Waals surface area contributed by atoms with Gasteiger partial charge in [0.25, 0.3) is 0 Å². The lowest BCUT2D eigenvalue weighted by atomic mass is 10.2. The number of aliphatic hydroxyl groups excluding tert-OH is 1. The zero-order chi connectivity index (χ0) is 16.8. The van der Waals surface area contributed by atoms with E-state index < -0.39 is 12.0 Å². The number of hydrogen-bond donors (Lipinski definition) is 4. The predicted molar refractivity (Wildman–Crippen MR) is 83.8 cm³/mol. The standard InChI is InChI=1S/C15H31N3O4/c1-15(2,3)22-14(20)18-7-5-4-6-13(19)21-12-9-10(16)8-11(12)17/h10-12,14,18,20H,4-9,16-17H2,1-3H3/t10-,11+,12+,14?/m0/s1. The summed E-state index contributed by atoms with van der Waals surface area (Å²) >= 11 is 0. The van der Waals surface area contributed by atoms with Crippen LogP contribution in [-0.2, 0) is 14.3 Å². The topological polar surface area (TPSA) is 120 Å². The number of nitrogens with two attached hydrogens (primary N) is 2. The van der Waals surface area contributed by atoms with Crippen molar-refractivity contribution >= 4 is 5.97 Å². The van der Waals surface area contributed by atoms with E-state index >= 15 is 0 Å². The summed E-state index contributed by atoms with van der Waals surface area (Å²) in [5, 5.41) is 12.4. The maximum Gasteiger partial charge on any atom is 0.306 e. The third-order valence-electron chi connectivity index (χ3n) is 3.46. The molecule has 1 aliphatic carbocycles. The van der Waals surface area contributed by atoms with Gasteiger partial charge in [-0.15, -0.1) is 0 Å². The van der Waals surface area contributed by atoms with Gasteiger partial charge in [0, 0.05) is 24.9 Å². The lowest BCUT2D eigenvalue weighted by Crippen LogP contribution is -2.38. The number of nitrogens with one attached hydrogen (secondary N) is 1. The highest BCUT2D eigenvalue weighted by atomic mass is 16.6. The summed E-state index contributed by atoms with van der Waals surface area (Å²) in [5.41, 5.74) is 11.3. The number of carbonyl (C=O) groups excluding carboxylic acids is 1.